The van der Waals surface area contributed by atoms with Crippen molar-refractivity contribution in [1.82, 2.24) is 19.7 Å². The van der Waals surface area contributed by atoms with Crippen molar-refractivity contribution in [2.45, 2.75) is 32.1 Å². The number of nitrogens with one attached hydrogen (secondary N) is 1. The summed E-state index contributed by atoms with van der Waals surface area (Å²) in [5, 5.41) is 3.92. The van der Waals surface area contributed by atoms with E-state index >= 15 is 0 Å². The third-order valence-electron chi connectivity index (χ3n) is 5.99. The van der Waals surface area contributed by atoms with Crippen LogP contribution in [0.5, 0.6) is 11.5 Å². The molecule has 0 radical (unpaired) electrons. The highest BCUT2D eigenvalue weighted by molar-refractivity contribution is 5.94. The molecule has 0 fully saturated rings. The van der Waals surface area contributed by atoms with Gasteiger partial charge in [0.2, 0.25) is 5.91 Å². The second-order valence-corrected chi connectivity index (χ2v) is 8.67. The number of imidazole rings is 1. The van der Waals surface area contributed by atoms with Crippen molar-refractivity contribution in [2.75, 3.05) is 11.4 Å². The summed E-state index contributed by atoms with van der Waals surface area (Å²) < 4.78 is 117. The number of carbonyl (C=O) groups is 1. The number of carbonyl (C=O) groups excluding carboxylic acids is 1. The monoisotopic (exact) mass is 589 g/mol. The average Bonchev–Trinajstić information content (AvgIpc) is 3.48. The van der Waals surface area contributed by atoms with Gasteiger partial charge in [-0.05, 0) is 37.3 Å². The van der Waals surface area contributed by atoms with Crippen LogP contribution >= 0.6 is 0 Å². The van der Waals surface area contributed by atoms with Crippen LogP contribution in [-0.2, 0) is 23.7 Å². The van der Waals surface area contributed by atoms with Crippen LogP contribution < -0.4 is 19.9 Å². The van der Waals surface area contributed by atoms with Crippen molar-refractivity contribution < 1.29 is 49.4 Å². The zero-order valence-corrected chi connectivity index (χ0v) is 20.4. The Hall–Kier alpha value is -4.70. The first-order valence-corrected chi connectivity index (χ1v) is 11.5. The van der Waals surface area contributed by atoms with E-state index in [-0.39, 0.29) is 35.3 Å². The number of H-pyrrole nitrogens is 1. The molecule has 9 nitrogen and oxygen atoms in total. The summed E-state index contributed by atoms with van der Waals surface area (Å²) in [7, 11) is 0. The number of ether oxygens (including phenoxy) is 2. The Bertz CT molecular complexity index is 1700. The summed E-state index contributed by atoms with van der Waals surface area (Å²) in [5.41, 5.74) is -5.94. The molecule has 0 aliphatic carbocycles. The van der Waals surface area contributed by atoms with Gasteiger partial charge in [0.25, 0.3) is 5.56 Å². The van der Waals surface area contributed by atoms with E-state index in [1.165, 1.54) is 13.0 Å². The molecule has 1 N–H and O–H groups in total. The van der Waals surface area contributed by atoms with Crippen LogP contribution in [0, 0.1) is 0 Å². The number of amides is 1. The topological polar surface area (TPSA) is 102 Å². The van der Waals surface area contributed by atoms with E-state index in [1.807, 2.05) is 0 Å². The van der Waals surface area contributed by atoms with Crippen molar-refractivity contribution >= 4 is 22.6 Å². The number of alkyl halides is 8. The van der Waals surface area contributed by atoms with Gasteiger partial charge in [0.15, 0.2) is 17.0 Å². The molecule has 216 valence electrons. The number of hydrogen-bond acceptors (Lipinski definition) is 6. The number of likely N-dealkylation sites (N-methyl/N-ethyl adjacent to an activating group) is 1. The van der Waals surface area contributed by atoms with Gasteiger partial charge in [0, 0.05) is 23.9 Å². The Kier molecular flexibility index (Phi) is 6.42. The number of aromatic amines is 1. The molecule has 0 bridgehead atoms. The van der Waals surface area contributed by atoms with E-state index in [4.69, 9.17) is 0 Å². The molecule has 41 heavy (non-hydrogen) atoms. The molecule has 4 aromatic rings. The van der Waals surface area contributed by atoms with E-state index in [0.29, 0.717) is 16.8 Å². The Morgan fingerprint density at radius 1 is 1.00 bits per heavy atom. The minimum Gasteiger partial charge on any atom is -0.395 e. The van der Waals surface area contributed by atoms with Crippen molar-refractivity contribution in [3.63, 3.8) is 0 Å². The van der Waals surface area contributed by atoms with Gasteiger partial charge < -0.3 is 19.4 Å². The molecule has 5 rings (SSSR count). The molecule has 2 aromatic carbocycles. The summed E-state index contributed by atoms with van der Waals surface area (Å²) >= 11 is 0. The third kappa shape index (κ3) is 5.26. The molecule has 0 unspecified atom stereocenters. The molecule has 1 aliphatic heterocycles. The van der Waals surface area contributed by atoms with E-state index in [2.05, 4.69) is 24.5 Å². The molecule has 17 heteroatoms. The lowest BCUT2D eigenvalue weighted by Crippen LogP contribution is -2.37. The Balaban J connectivity index is 1.57. The predicted octanol–water partition coefficient (Wildman–Crippen LogP) is 5.20. The van der Waals surface area contributed by atoms with Crippen LogP contribution in [-0.4, -0.2) is 38.5 Å². The van der Waals surface area contributed by atoms with Gasteiger partial charge >= 0.3 is 18.6 Å². The first-order chi connectivity index (χ1) is 19.1. The SMILES string of the molecule is CCN(C(=O)Cn1nc(-c2cc(C(F)(F)F)cc(C(F)(F)F)c2)c2[nH]cnc2c1=O)c1ccc2c(c1)OC(F)(F)O2. The molecular formula is C24H15F8N5O4. The summed E-state index contributed by atoms with van der Waals surface area (Å²) in [6.45, 7) is 0.652. The lowest BCUT2D eigenvalue weighted by molar-refractivity contribution is -0.286. The molecule has 0 saturated heterocycles. The van der Waals surface area contributed by atoms with Crippen molar-refractivity contribution in [1.29, 1.82) is 0 Å². The van der Waals surface area contributed by atoms with Gasteiger partial charge in [0.05, 0.1) is 23.0 Å². The van der Waals surface area contributed by atoms with Crippen LogP contribution in [0.4, 0.5) is 40.8 Å². The zero-order chi connectivity index (χ0) is 29.9. The maximum Gasteiger partial charge on any atom is 0.586 e. The minimum atomic E-state index is -5.15. The Morgan fingerprint density at radius 3 is 2.24 bits per heavy atom. The van der Waals surface area contributed by atoms with Gasteiger partial charge in [-0.25, -0.2) is 9.67 Å². The van der Waals surface area contributed by atoms with E-state index in [1.54, 1.807) is 0 Å². The van der Waals surface area contributed by atoms with E-state index < -0.39 is 64.6 Å². The zero-order valence-electron chi connectivity index (χ0n) is 20.4. The van der Waals surface area contributed by atoms with E-state index in [9.17, 15) is 44.7 Å². The van der Waals surface area contributed by atoms with Crippen LogP contribution in [0.1, 0.15) is 18.1 Å². The second-order valence-electron chi connectivity index (χ2n) is 8.67. The first kappa shape index (κ1) is 27.9. The number of anilines is 1. The number of benzene rings is 2. The molecule has 0 spiro atoms. The third-order valence-corrected chi connectivity index (χ3v) is 5.99. The number of aromatic nitrogens is 4. The molecule has 3 heterocycles. The summed E-state index contributed by atoms with van der Waals surface area (Å²) in [5.74, 6) is -1.47. The summed E-state index contributed by atoms with van der Waals surface area (Å²) in [6, 6.07) is 4.28. The van der Waals surface area contributed by atoms with Crippen molar-refractivity contribution in [3.05, 3.63) is 64.2 Å². The fourth-order valence-electron chi connectivity index (χ4n) is 4.20. The normalized spacial score (nSPS) is 14.5. The van der Waals surface area contributed by atoms with Gasteiger partial charge in [-0.3, -0.25) is 9.59 Å². The largest absolute Gasteiger partial charge is 0.586 e. The molecule has 1 amide bonds. The Labute approximate surface area is 222 Å². The predicted molar refractivity (Wildman–Crippen MR) is 124 cm³/mol. The standard InChI is InChI=1S/C24H15F8N5O4/c1-2-36(14-3-4-15-16(8-14)41-24(31,32)40-15)17(38)9-37-21(39)20-19(33-10-34-20)18(35-37)11-5-12(22(25,26)27)7-13(6-11)23(28,29)30/h3-8,10H,2,9H2,1H3,(H,33,34). The number of hydrogen-bond donors (Lipinski definition) is 1. The van der Waals surface area contributed by atoms with Crippen LogP contribution in [0.3, 0.4) is 0 Å². The van der Waals surface area contributed by atoms with Gasteiger partial charge in [-0.2, -0.15) is 31.4 Å². The van der Waals surface area contributed by atoms with Crippen LogP contribution in [0.25, 0.3) is 22.3 Å². The van der Waals surface area contributed by atoms with Crippen molar-refractivity contribution in [2.24, 2.45) is 0 Å². The van der Waals surface area contributed by atoms with Crippen LogP contribution in [0.2, 0.25) is 0 Å². The number of halogens is 8. The number of fused-ring (bicyclic) bond motifs is 2. The fourth-order valence-corrected chi connectivity index (χ4v) is 4.20. The highest BCUT2D eigenvalue weighted by atomic mass is 19.4. The second kappa shape index (κ2) is 9.45. The highest BCUT2D eigenvalue weighted by Crippen LogP contribution is 2.43. The fraction of sp³-hybridized carbons (Fsp3) is 0.250. The smallest absolute Gasteiger partial charge is 0.395 e. The lowest BCUT2D eigenvalue weighted by atomic mass is 10.0. The number of nitrogens with zero attached hydrogens (tertiary/aromatic N) is 4. The molecular weight excluding hydrogens is 574 g/mol. The number of rotatable bonds is 5. The lowest BCUT2D eigenvalue weighted by Gasteiger charge is -2.21. The molecule has 0 saturated carbocycles. The van der Waals surface area contributed by atoms with Crippen LogP contribution in [0.15, 0.2) is 47.5 Å². The van der Waals surface area contributed by atoms with Gasteiger partial charge in [-0.15, -0.1) is 8.78 Å². The first-order valence-electron chi connectivity index (χ1n) is 11.5. The molecule has 1 aliphatic rings. The van der Waals surface area contributed by atoms with Crippen molar-refractivity contribution in [3.8, 4) is 22.8 Å². The van der Waals surface area contributed by atoms with Gasteiger partial charge in [0.1, 0.15) is 12.2 Å². The summed E-state index contributed by atoms with van der Waals surface area (Å²) in [4.78, 5) is 33.5. The summed E-state index contributed by atoms with van der Waals surface area (Å²) in [6.07, 6.45) is -13.2. The van der Waals surface area contributed by atoms with E-state index in [0.717, 1.165) is 23.4 Å². The highest BCUT2D eigenvalue weighted by Gasteiger charge is 2.43. The Morgan fingerprint density at radius 2 is 1.63 bits per heavy atom. The maximum absolute atomic E-state index is 13.5. The molecule has 2 aromatic heterocycles. The maximum atomic E-state index is 13.5. The van der Waals surface area contributed by atoms with Gasteiger partial charge in [-0.1, -0.05) is 0 Å². The molecule has 0 atom stereocenters. The average molecular weight is 589 g/mol. The minimum absolute atomic E-state index is 0.0380. The quantitative estimate of drug-likeness (QED) is 0.321.